The molecule has 2 N–H and O–H groups in total. The number of unbranched alkanes of at least 4 members (excludes halogenated alkanes) is 2. The second-order valence-electron chi connectivity index (χ2n) is 14.3. The molecule has 0 aliphatic heterocycles. The maximum absolute atomic E-state index is 12.5. The first kappa shape index (κ1) is 38.1. The molecule has 1 fully saturated rings. The Bertz CT molecular complexity index is 1510. The van der Waals surface area contributed by atoms with E-state index in [1.54, 1.807) is 13.8 Å². The van der Waals surface area contributed by atoms with Crippen LogP contribution in [0.1, 0.15) is 118 Å². The number of aryl methyl sites for hydroxylation is 2. The fourth-order valence-corrected chi connectivity index (χ4v) is 6.71. The quantitative estimate of drug-likeness (QED) is 0.0849. The summed E-state index contributed by atoms with van der Waals surface area (Å²) in [6.07, 6.45) is 11.0. The fraction of sp³-hybridized carbons (Fsp3) is 0.488. The van der Waals surface area contributed by atoms with Crippen molar-refractivity contribution in [1.29, 1.82) is 0 Å². The average molecular weight is 669 g/mol. The Labute approximate surface area is 293 Å². The van der Waals surface area contributed by atoms with Crippen molar-refractivity contribution < 1.29 is 29.3 Å². The SMILES string of the molecule is C=C(CO)C(=O)OCC(COC(=O)C(C)(C)CO)c1ccc(-c2ccc(C3CCC(c4ccc(CCCCC)c(CC)c4)CC3)cc2)cc1. The topological polar surface area (TPSA) is 93.1 Å². The summed E-state index contributed by atoms with van der Waals surface area (Å²) in [5, 5.41) is 18.8. The molecule has 1 unspecified atom stereocenters. The van der Waals surface area contributed by atoms with Crippen molar-refractivity contribution in [2.45, 2.75) is 103 Å². The molecule has 3 aromatic rings. The Morgan fingerprint density at radius 3 is 1.94 bits per heavy atom. The van der Waals surface area contributed by atoms with Crippen molar-refractivity contribution >= 4 is 11.9 Å². The molecule has 1 saturated carbocycles. The van der Waals surface area contributed by atoms with Gasteiger partial charge in [-0.2, -0.15) is 0 Å². The molecule has 0 saturated heterocycles. The molecule has 0 amide bonds. The lowest BCUT2D eigenvalue weighted by atomic mass is 9.75. The lowest BCUT2D eigenvalue weighted by molar-refractivity contribution is -0.157. The number of aliphatic hydroxyl groups is 2. The number of carbonyl (C=O) groups excluding carboxylic acids is 2. The molecule has 4 rings (SSSR count). The number of esters is 2. The Kier molecular flexibility index (Phi) is 14.2. The summed E-state index contributed by atoms with van der Waals surface area (Å²) in [4.78, 5) is 24.7. The van der Waals surface area contributed by atoms with E-state index in [1.807, 2.05) is 24.3 Å². The Balaban J connectivity index is 1.37. The van der Waals surface area contributed by atoms with Crippen molar-refractivity contribution in [2.24, 2.45) is 5.41 Å². The molecule has 1 aliphatic rings. The number of rotatable bonds is 17. The highest BCUT2D eigenvalue weighted by atomic mass is 16.5. The first-order valence-corrected chi connectivity index (χ1v) is 18.2. The zero-order valence-corrected chi connectivity index (χ0v) is 30.0. The lowest BCUT2D eigenvalue weighted by Gasteiger charge is -2.30. The summed E-state index contributed by atoms with van der Waals surface area (Å²) < 4.78 is 10.9. The van der Waals surface area contributed by atoms with E-state index < -0.39 is 29.9 Å². The highest BCUT2D eigenvalue weighted by Crippen LogP contribution is 2.41. The van der Waals surface area contributed by atoms with Crippen molar-refractivity contribution in [3.63, 3.8) is 0 Å². The minimum absolute atomic E-state index is 0.0262. The van der Waals surface area contributed by atoms with E-state index in [0.717, 1.165) is 23.1 Å². The minimum Gasteiger partial charge on any atom is -0.464 e. The van der Waals surface area contributed by atoms with Gasteiger partial charge in [-0.25, -0.2) is 4.79 Å². The van der Waals surface area contributed by atoms with Gasteiger partial charge in [0.1, 0.15) is 13.2 Å². The molecule has 0 heterocycles. The summed E-state index contributed by atoms with van der Waals surface area (Å²) in [6, 6.07) is 24.2. The minimum atomic E-state index is -1.04. The zero-order valence-electron chi connectivity index (χ0n) is 30.0. The van der Waals surface area contributed by atoms with Crippen LogP contribution in [-0.4, -0.2) is 48.6 Å². The van der Waals surface area contributed by atoms with Crippen LogP contribution < -0.4 is 0 Å². The first-order chi connectivity index (χ1) is 23.6. The van der Waals surface area contributed by atoms with Crippen LogP contribution in [-0.2, 0) is 31.9 Å². The van der Waals surface area contributed by atoms with Crippen LogP contribution in [0.3, 0.4) is 0 Å². The smallest absolute Gasteiger partial charge is 0.335 e. The van der Waals surface area contributed by atoms with E-state index >= 15 is 0 Å². The molecule has 3 aromatic carbocycles. The third kappa shape index (κ3) is 10.4. The summed E-state index contributed by atoms with van der Waals surface area (Å²) in [7, 11) is 0. The van der Waals surface area contributed by atoms with Gasteiger partial charge in [0, 0.05) is 0 Å². The van der Waals surface area contributed by atoms with Gasteiger partial charge in [0.2, 0.25) is 0 Å². The predicted octanol–water partition coefficient (Wildman–Crippen LogP) is 8.83. The molecule has 1 aliphatic carbocycles. The lowest BCUT2D eigenvalue weighted by Crippen LogP contribution is -2.32. The van der Waals surface area contributed by atoms with E-state index in [9.17, 15) is 19.8 Å². The number of carbonyl (C=O) groups is 2. The summed E-state index contributed by atoms with van der Waals surface area (Å²) in [5.74, 6) is -0.436. The van der Waals surface area contributed by atoms with E-state index in [1.165, 1.54) is 73.6 Å². The van der Waals surface area contributed by atoms with Crippen LogP contribution in [0, 0.1) is 5.41 Å². The van der Waals surface area contributed by atoms with E-state index in [-0.39, 0.29) is 25.4 Å². The maximum Gasteiger partial charge on any atom is 0.335 e. The first-order valence-electron chi connectivity index (χ1n) is 18.2. The number of benzene rings is 3. The van der Waals surface area contributed by atoms with E-state index in [2.05, 4.69) is 62.9 Å². The maximum atomic E-state index is 12.5. The summed E-state index contributed by atoms with van der Waals surface area (Å²) in [6.45, 7) is 10.4. The summed E-state index contributed by atoms with van der Waals surface area (Å²) >= 11 is 0. The summed E-state index contributed by atoms with van der Waals surface area (Å²) in [5.41, 5.74) is 7.94. The van der Waals surface area contributed by atoms with Gasteiger partial charge in [-0.1, -0.05) is 100.0 Å². The molecule has 264 valence electrons. The van der Waals surface area contributed by atoms with Crippen LogP contribution in [0.25, 0.3) is 11.1 Å². The van der Waals surface area contributed by atoms with Gasteiger partial charge in [-0.3, -0.25) is 4.79 Å². The average Bonchev–Trinajstić information content (AvgIpc) is 3.14. The monoisotopic (exact) mass is 668 g/mol. The molecule has 6 heteroatoms. The highest BCUT2D eigenvalue weighted by molar-refractivity contribution is 5.87. The Morgan fingerprint density at radius 1 is 0.796 bits per heavy atom. The third-order valence-corrected chi connectivity index (χ3v) is 10.2. The molecule has 49 heavy (non-hydrogen) atoms. The van der Waals surface area contributed by atoms with Crippen molar-refractivity contribution in [3.8, 4) is 11.1 Å². The van der Waals surface area contributed by atoms with Gasteiger partial charge in [0.25, 0.3) is 0 Å². The van der Waals surface area contributed by atoms with Crippen LogP contribution in [0.2, 0.25) is 0 Å². The molecule has 0 spiro atoms. The van der Waals surface area contributed by atoms with Crippen LogP contribution in [0.5, 0.6) is 0 Å². The number of hydrogen-bond acceptors (Lipinski definition) is 6. The Hall–Kier alpha value is -3.74. The molecule has 0 aromatic heterocycles. The molecule has 1 atom stereocenters. The van der Waals surface area contributed by atoms with E-state index in [0.29, 0.717) is 11.8 Å². The highest BCUT2D eigenvalue weighted by Gasteiger charge is 2.30. The van der Waals surface area contributed by atoms with E-state index in [4.69, 9.17) is 9.47 Å². The number of ether oxygens (including phenoxy) is 2. The van der Waals surface area contributed by atoms with Gasteiger partial charge in [-0.15, -0.1) is 0 Å². The van der Waals surface area contributed by atoms with Gasteiger partial charge in [-0.05, 0) is 110 Å². The standard InChI is InChI=1S/C43H56O6/c1-6-8-9-10-32-23-24-39(25-31(32)7-2)37-19-15-35(16-20-37)33-11-13-34(14-12-33)36-17-21-38(22-18-36)40(27-48-41(46)30(3)26-44)28-49-42(47)43(4,5)29-45/h11-14,17-18,21-25,35,37,40,44-45H,3,6-10,15-16,19-20,26-29H2,1-2,4-5H3. The Morgan fingerprint density at radius 2 is 1.37 bits per heavy atom. The van der Waals surface area contributed by atoms with Gasteiger partial charge in [0.05, 0.1) is 30.1 Å². The molecule has 0 bridgehead atoms. The van der Waals surface area contributed by atoms with Crippen molar-refractivity contribution in [2.75, 3.05) is 26.4 Å². The third-order valence-electron chi connectivity index (χ3n) is 10.2. The predicted molar refractivity (Wildman–Crippen MR) is 197 cm³/mol. The zero-order chi connectivity index (χ0) is 35.4. The second-order valence-corrected chi connectivity index (χ2v) is 14.3. The molecular weight excluding hydrogens is 612 g/mol. The van der Waals surface area contributed by atoms with Crippen LogP contribution in [0.15, 0.2) is 78.9 Å². The number of hydrogen-bond donors (Lipinski definition) is 2. The second kappa shape index (κ2) is 18.3. The number of aliphatic hydroxyl groups excluding tert-OH is 2. The van der Waals surface area contributed by atoms with Gasteiger partial charge in [0.15, 0.2) is 0 Å². The fourth-order valence-electron chi connectivity index (χ4n) is 6.71. The van der Waals surface area contributed by atoms with Crippen molar-refractivity contribution in [3.05, 3.63) is 107 Å². The van der Waals surface area contributed by atoms with Gasteiger partial charge < -0.3 is 19.7 Å². The molecule has 0 radical (unpaired) electrons. The van der Waals surface area contributed by atoms with Crippen molar-refractivity contribution in [1.82, 2.24) is 0 Å². The normalized spacial score (nSPS) is 16.9. The van der Waals surface area contributed by atoms with Crippen LogP contribution >= 0.6 is 0 Å². The van der Waals surface area contributed by atoms with Gasteiger partial charge >= 0.3 is 11.9 Å². The van der Waals surface area contributed by atoms with Crippen LogP contribution in [0.4, 0.5) is 0 Å². The molecular formula is C43H56O6. The largest absolute Gasteiger partial charge is 0.464 e. The molecule has 6 nitrogen and oxygen atoms in total.